The molecule has 0 saturated heterocycles. The summed E-state index contributed by atoms with van der Waals surface area (Å²) in [6.07, 6.45) is 0.903. The average Bonchev–Trinajstić information content (AvgIpc) is 2.38. The lowest BCUT2D eigenvalue weighted by Crippen LogP contribution is -2.37. The molecule has 0 unspecified atom stereocenters. The monoisotopic (exact) mass is 316 g/mol. The molecule has 1 aromatic carbocycles. The second-order valence-electron chi connectivity index (χ2n) is 4.82. The highest BCUT2D eigenvalue weighted by Crippen LogP contribution is 2.25. The third-order valence-electron chi connectivity index (χ3n) is 2.65. The van der Waals surface area contributed by atoms with Gasteiger partial charge in [0, 0.05) is 6.54 Å². The van der Waals surface area contributed by atoms with Gasteiger partial charge in [0.15, 0.2) is 0 Å². The Bertz CT molecular complexity index is 490. The number of carbonyl (C=O) groups is 2. The van der Waals surface area contributed by atoms with Gasteiger partial charge in [-0.3, -0.25) is 9.59 Å². The van der Waals surface area contributed by atoms with Gasteiger partial charge in [-0.1, -0.05) is 43.1 Å². The zero-order chi connectivity index (χ0) is 15.1. The van der Waals surface area contributed by atoms with Gasteiger partial charge in [0.05, 0.1) is 22.2 Å². The minimum absolute atomic E-state index is 0.0836. The van der Waals surface area contributed by atoms with Crippen molar-refractivity contribution in [2.24, 2.45) is 5.92 Å². The minimum atomic E-state index is -0.420. The summed E-state index contributed by atoms with van der Waals surface area (Å²) in [7, 11) is 0. The van der Waals surface area contributed by atoms with Crippen LogP contribution in [0.4, 0.5) is 0 Å². The van der Waals surface area contributed by atoms with Crippen molar-refractivity contribution in [1.29, 1.82) is 0 Å². The van der Waals surface area contributed by atoms with E-state index in [9.17, 15) is 9.59 Å². The highest BCUT2D eigenvalue weighted by atomic mass is 35.5. The minimum Gasteiger partial charge on any atom is -0.355 e. The predicted octanol–water partition coefficient (Wildman–Crippen LogP) is 2.89. The molecule has 1 aromatic rings. The summed E-state index contributed by atoms with van der Waals surface area (Å²) in [6.45, 7) is 4.67. The van der Waals surface area contributed by atoms with Gasteiger partial charge in [-0.2, -0.15) is 0 Å². The van der Waals surface area contributed by atoms with E-state index in [0.29, 0.717) is 17.5 Å². The Labute approximate surface area is 128 Å². The van der Waals surface area contributed by atoms with Crippen LogP contribution in [0.25, 0.3) is 0 Å². The summed E-state index contributed by atoms with van der Waals surface area (Å²) in [5.74, 6) is -0.121. The van der Waals surface area contributed by atoms with E-state index in [-0.39, 0.29) is 23.0 Å². The van der Waals surface area contributed by atoms with Gasteiger partial charge in [0.2, 0.25) is 5.91 Å². The predicted molar refractivity (Wildman–Crippen MR) is 81.3 cm³/mol. The van der Waals surface area contributed by atoms with Crippen molar-refractivity contribution in [3.05, 3.63) is 33.8 Å². The lowest BCUT2D eigenvalue weighted by atomic mass is 10.1. The fourth-order valence-electron chi connectivity index (χ4n) is 1.50. The lowest BCUT2D eigenvalue weighted by Gasteiger charge is -2.09. The van der Waals surface area contributed by atoms with Crippen LogP contribution in [0, 0.1) is 5.92 Å². The Morgan fingerprint density at radius 1 is 1.20 bits per heavy atom. The van der Waals surface area contributed by atoms with Gasteiger partial charge in [-0.15, -0.1) is 0 Å². The summed E-state index contributed by atoms with van der Waals surface area (Å²) in [5, 5.41) is 5.74. The zero-order valence-electron chi connectivity index (χ0n) is 11.5. The molecule has 20 heavy (non-hydrogen) atoms. The molecule has 0 radical (unpaired) electrons. The molecule has 110 valence electrons. The molecule has 0 fully saturated rings. The maximum Gasteiger partial charge on any atom is 0.253 e. The number of carbonyl (C=O) groups excluding carboxylic acids is 2. The lowest BCUT2D eigenvalue weighted by molar-refractivity contribution is -0.120. The third-order valence-corrected chi connectivity index (χ3v) is 3.47. The van der Waals surface area contributed by atoms with Crippen LogP contribution >= 0.6 is 23.2 Å². The highest BCUT2D eigenvalue weighted by molar-refractivity contribution is 6.43. The van der Waals surface area contributed by atoms with Crippen molar-refractivity contribution < 1.29 is 9.59 Å². The molecule has 2 N–H and O–H groups in total. The number of benzene rings is 1. The van der Waals surface area contributed by atoms with Crippen LogP contribution in [0.1, 0.15) is 30.6 Å². The first kappa shape index (κ1) is 16.8. The molecule has 2 amide bonds. The number of nitrogens with one attached hydrogen (secondary N) is 2. The van der Waals surface area contributed by atoms with Gasteiger partial charge in [-0.25, -0.2) is 0 Å². The first-order chi connectivity index (χ1) is 9.41. The van der Waals surface area contributed by atoms with Crippen LogP contribution in [0.3, 0.4) is 0 Å². The molecular formula is C14H18Cl2N2O2. The van der Waals surface area contributed by atoms with Gasteiger partial charge in [0.25, 0.3) is 5.91 Å². The van der Waals surface area contributed by atoms with Gasteiger partial charge < -0.3 is 10.6 Å². The Balaban J connectivity index is 2.43. The second kappa shape index (κ2) is 8.12. The molecule has 0 spiro atoms. The van der Waals surface area contributed by atoms with E-state index in [1.807, 2.05) is 0 Å². The standard InChI is InChI=1S/C14H18Cl2N2O2/c1-9(2)6-7-17-12(19)8-18-14(20)10-4-3-5-11(15)13(10)16/h3-5,9H,6-8H2,1-2H3,(H,17,19)(H,18,20). The van der Waals surface area contributed by atoms with E-state index in [4.69, 9.17) is 23.2 Å². The number of hydrogen-bond acceptors (Lipinski definition) is 2. The normalized spacial score (nSPS) is 10.4. The van der Waals surface area contributed by atoms with Crippen LogP contribution in [-0.2, 0) is 4.79 Å². The van der Waals surface area contributed by atoms with Crippen LogP contribution < -0.4 is 10.6 Å². The molecule has 4 nitrogen and oxygen atoms in total. The van der Waals surface area contributed by atoms with Gasteiger partial charge >= 0.3 is 0 Å². The summed E-state index contributed by atoms with van der Waals surface area (Å²) in [4.78, 5) is 23.4. The van der Waals surface area contributed by atoms with Crippen molar-refractivity contribution in [1.82, 2.24) is 10.6 Å². The Hall–Kier alpha value is -1.26. The van der Waals surface area contributed by atoms with Crippen molar-refractivity contribution in [3.8, 4) is 0 Å². The summed E-state index contributed by atoms with van der Waals surface area (Å²) in [6, 6.07) is 4.78. The number of halogens is 2. The van der Waals surface area contributed by atoms with Crippen LogP contribution in [-0.4, -0.2) is 24.9 Å². The molecule has 1 rings (SSSR count). The first-order valence-corrected chi connectivity index (χ1v) is 7.16. The summed E-state index contributed by atoms with van der Waals surface area (Å²) in [5.41, 5.74) is 0.258. The quantitative estimate of drug-likeness (QED) is 0.847. The largest absolute Gasteiger partial charge is 0.355 e. The Morgan fingerprint density at radius 3 is 2.55 bits per heavy atom. The third kappa shape index (κ3) is 5.39. The van der Waals surface area contributed by atoms with Gasteiger partial charge in [-0.05, 0) is 24.5 Å². The molecule has 0 heterocycles. The summed E-state index contributed by atoms with van der Waals surface area (Å²) < 4.78 is 0. The highest BCUT2D eigenvalue weighted by Gasteiger charge is 2.13. The van der Waals surface area contributed by atoms with E-state index < -0.39 is 5.91 Å². The second-order valence-corrected chi connectivity index (χ2v) is 5.60. The fraction of sp³-hybridized carbons (Fsp3) is 0.429. The van der Waals surface area contributed by atoms with E-state index in [2.05, 4.69) is 24.5 Å². The summed E-state index contributed by atoms with van der Waals surface area (Å²) >= 11 is 11.8. The molecule has 0 bridgehead atoms. The Morgan fingerprint density at radius 2 is 1.90 bits per heavy atom. The Kier molecular flexibility index (Phi) is 6.82. The zero-order valence-corrected chi connectivity index (χ0v) is 13.0. The van der Waals surface area contributed by atoms with E-state index >= 15 is 0 Å². The average molecular weight is 317 g/mol. The number of hydrogen-bond donors (Lipinski definition) is 2. The molecule has 0 aromatic heterocycles. The smallest absolute Gasteiger partial charge is 0.253 e. The SMILES string of the molecule is CC(C)CCNC(=O)CNC(=O)c1cccc(Cl)c1Cl. The van der Waals surface area contributed by atoms with Crippen molar-refractivity contribution in [3.63, 3.8) is 0 Å². The molecule has 0 saturated carbocycles. The fourth-order valence-corrected chi connectivity index (χ4v) is 1.88. The molecule has 0 aliphatic rings. The van der Waals surface area contributed by atoms with E-state index in [1.165, 1.54) is 0 Å². The molecule has 0 aliphatic carbocycles. The van der Waals surface area contributed by atoms with E-state index in [1.54, 1.807) is 18.2 Å². The van der Waals surface area contributed by atoms with Crippen molar-refractivity contribution in [2.45, 2.75) is 20.3 Å². The van der Waals surface area contributed by atoms with Crippen LogP contribution in [0.15, 0.2) is 18.2 Å². The molecule has 0 atom stereocenters. The molecule has 0 aliphatic heterocycles. The number of rotatable bonds is 6. The molecular weight excluding hydrogens is 299 g/mol. The number of amides is 2. The molecule has 6 heteroatoms. The van der Waals surface area contributed by atoms with Crippen LogP contribution in [0.2, 0.25) is 10.0 Å². The maximum absolute atomic E-state index is 11.9. The first-order valence-electron chi connectivity index (χ1n) is 6.40. The maximum atomic E-state index is 11.9. The van der Waals surface area contributed by atoms with E-state index in [0.717, 1.165) is 6.42 Å². The van der Waals surface area contributed by atoms with Crippen molar-refractivity contribution >= 4 is 35.0 Å². The van der Waals surface area contributed by atoms with Crippen molar-refractivity contribution in [2.75, 3.05) is 13.1 Å². The topological polar surface area (TPSA) is 58.2 Å². The van der Waals surface area contributed by atoms with Crippen LogP contribution in [0.5, 0.6) is 0 Å². The van der Waals surface area contributed by atoms with Gasteiger partial charge in [0.1, 0.15) is 0 Å².